The first-order valence-corrected chi connectivity index (χ1v) is 9.90. The van der Waals surface area contributed by atoms with Crippen LogP contribution in [0.4, 0.5) is 0 Å². The van der Waals surface area contributed by atoms with Crippen molar-refractivity contribution in [2.75, 3.05) is 0 Å². The maximum atomic E-state index is 10.7. The lowest BCUT2D eigenvalue weighted by Gasteiger charge is -2.24. The van der Waals surface area contributed by atoms with Gasteiger partial charge in [0, 0.05) is 28.2 Å². The Labute approximate surface area is 180 Å². The first-order chi connectivity index (χ1) is 15.1. The van der Waals surface area contributed by atoms with Gasteiger partial charge in [0.1, 0.15) is 23.0 Å². The summed E-state index contributed by atoms with van der Waals surface area (Å²) in [6.45, 7) is 0. The van der Waals surface area contributed by atoms with Gasteiger partial charge in [0.25, 0.3) is 0 Å². The van der Waals surface area contributed by atoms with Crippen molar-refractivity contribution in [1.82, 2.24) is 0 Å². The van der Waals surface area contributed by atoms with E-state index in [2.05, 4.69) is 0 Å². The molecule has 0 unspecified atom stereocenters. The highest BCUT2D eigenvalue weighted by Crippen LogP contribution is 2.47. The predicted molar refractivity (Wildman–Crippen MR) is 122 cm³/mol. The van der Waals surface area contributed by atoms with E-state index in [1.165, 1.54) is 0 Å². The Morgan fingerprint density at radius 3 is 1.48 bits per heavy atom. The number of allylic oxidation sites excluding steroid dienone is 1. The number of hydrogen-bond donors (Lipinski definition) is 4. The number of rotatable bonds is 5. The molecule has 4 aromatic carbocycles. The van der Waals surface area contributed by atoms with Crippen LogP contribution in [-0.2, 0) is 0 Å². The molecule has 0 saturated heterocycles. The molecule has 0 aliphatic carbocycles. The molecule has 0 heterocycles. The van der Waals surface area contributed by atoms with Crippen molar-refractivity contribution in [3.05, 3.63) is 119 Å². The van der Waals surface area contributed by atoms with E-state index in [1.54, 1.807) is 84.9 Å². The number of phenolic OH excluding ortho intramolecular Hbond substituents is 4. The molecule has 0 amide bonds. The average molecular weight is 410 g/mol. The lowest BCUT2D eigenvalue weighted by Crippen LogP contribution is -2.06. The van der Waals surface area contributed by atoms with Crippen LogP contribution < -0.4 is 0 Å². The van der Waals surface area contributed by atoms with E-state index in [0.717, 1.165) is 0 Å². The molecule has 0 fully saturated rings. The maximum Gasteiger partial charge on any atom is 0.123 e. The van der Waals surface area contributed by atoms with Gasteiger partial charge in [-0.25, -0.2) is 0 Å². The Balaban J connectivity index is 2.06. The molecule has 0 aliphatic rings. The van der Waals surface area contributed by atoms with Gasteiger partial charge < -0.3 is 20.4 Å². The van der Waals surface area contributed by atoms with Crippen molar-refractivity contribution in [2.24, 2.45) is 0 Å². The van der Waals surface area contributed by atoms with E-state index < -0.39 is 5.92 Å². The fourth-order valence-electron chi connectivity index (χ4n) is 3.78. The van der Waals surface area contributed by atoms with Gasteiger partial charge in [-0.1, -0.05) is 72.8 Å². The zero-order valence-electron chi connectivity index (χ0n) is 16.7. The van der Waals surface area contributed by atoms with Crippen molar-refractivity contribution in [3.63, 3.8) is 0 Å². The van der Waals surface area contributed by atoms with Gasteiger partial charge >= 0.3 is 0 Å². The number of phenols is 4. The summed E-state index contributed by atoms with van der Waals surface area (Å²) in [5.41, 5.74) is 2.82. The van der Waals surface area contributed by atoms with Crippen LogP contribution >= 0.6 is 0 Å². The molecule has 4 N–H and O–H groups in total. The summed E-state index contributed by atoms with van der Waals surface area (Å²) in [6.07, 6.45) is 1.77. The Morgan fingerprint density at radius 2 is 0.968 bits per heavy atom. The lowest BCUT2D eigenvalue weighted by atomic mass is 9.79. The number of benzene rings is 4. The summed E-state index contributed by atoms with van der Waals surface area (Å²) in [6, 6.07) is 27.6. The fraction of sp³-hybridized carbons (Fsp3) is 0.0370. The minimum Gasteiger partial charge on any atom is -0.508 e. The van der Waals surface area contributed by atoms with Gasteiger partial charge in [-0.2, -0.15) is 0 Å². The SMILES string of the molecule is Oc1ccccc1C=C(c1ccccc1O)C(c1ccccc1O)c1ccccc1O. The summed E-state index contributed by atoms with van der Waals surface area (Å²) in [7, 11) is 0. The maximum absolute atomic E-state index is 10.7. The van der Waals surface area contributed by atoms with Crippen LogP contribution in [0.15, 0.2) is 97.1 Å². The van der Waals surface area contributed by atoms with Crippen LogP contribution in [0.25, 0.3) is 11.6 Å². The minimum atomic E-state index is -0.615. The number of hydrogen-bond acceptors (Lipinski definition) is 4. The molecule has 0 aliphatic heterocycles. The normalized spacial score (nSPS) is 11.6. The fourth-order valence-corrected chi connectivity index (χ4v) is 3.78. The second kappa shape index (κ2) is 8.67. The Hall–Kier alpha value is -4.18. The van der Waals surface area contributed by atoms with E-state index >= 15 is 0 Å². The minimum absolute atomic E-state index is 0.0556. The van der Waals surface area contributed by atoms with E-state index in [9.17, 15) is 20.4 Å². The molecule has 0 saturated carbocycles. The van der Waals surface area contributed by atoms with Gasteiger partial charge in [-0.3, -0.25) is 0 Å². The molecule has 0 spiro atoms. The molecule has 4 rings (SSSR count). The highest BCUT2D eigenvalue weighted by Gasteiger charge is 2.27. The van der Waals surface area contributed by atoms with Crippen LogP contribution in [0.1, 0.15) is 28.2 Å². The second-order valence-electron chi connectivity index (χ2n) is 7.23. The van der Waals surface area contributed by atoms with Gasteiger partial charge in [0.15, 0.2) is 0 Å². The van der Waals surface area contributed by atoms with E-state index in [1.807, 2.05) is 18.2 Å². The summed E-state index contributed by atoms with van der Waals surface area (Å²) in [4.78, 5) is 0. The third-order valence-electron chi connectivity index (χ3n) is 5.27. The summed E-state index contributed by atoms with van der Waals surface area (Å²) < 4.78 is 0. The van der Waals surface area contributed by atoms with Crippen LogP contribution in [0.5, 0.6) is 23.0 Å². The highest BCUT2D eigenvalue weighted by molar-refractivity contribution is 5.91. The quantitative estimate of drug-likeness (QED) is 0.310. The standard InChI is InChI=1S/C27H22O4/c28-23-13-5-1-9-18(23)17-22(19-10-2-6-14-24(19)29)27(20-11-3-7-15-25(20)30)21-12-4-8-16-26(21)31/h1-17,27-31H. The van der Waals surface area contributed by atoms with Crippen molar-refractivity contribution < 1.29 is 20.4 Å². The van der Waals surface area contributed by atoms with E-state index in [-0.39, 0.29) is 23.0 Å². The molecule has 4 nitrogen and oxygen atoms in total. The summed E-state index contributed by atoms with van der Waals surface area (Å²) in [5, 5.41) is 42.5. The van der Waals surface area contributed by atoms with Crippen LogP contribution in [0.2, 0.25) is 0 Å². The van der Waals surface area contributed by atoms with Crippen molar-refractivity contribution in [3.8, 4) is 23.0 Å². The van der Waals surface area contributed by atoms with Crippen LogP contribution in [0, 0.1) is 0 Å². The van der Waals surface area contributed by atoms with Gasteiger partial charge in [-0.05, 0) is 35.9 Å². The van der Waals surface area contributed by atoms with Gasteiger partial charge in [0.2, 0.25) is 0 Å². The first-order valence-electron chi connectivity index (χ1n) is 9.90. The third kappa shape index (κ3) is 4.09. The molecule has 4 aromatic rings. The van der Waals surface area contributed by atoms with Gasteiger partial charge in [-0.15, -0.1) is 0 Å². The molecule has 0 radical (unpaired) electrons. The molecule has 0 aromatic heterocycles. The Bertz CT molecular complexity index is 1200. The zero-order valence-corrected chi connectivity index (χ0v) is 16.7. The molecule has 31 heavy (non-hydrogen) atoms. The Morgan fingerprint density at radius 1 is 0.516 bits per heavy atom. The molecule has 0 bridgehead atoms. The van der Waals surface area contributed by atoms with E-state index in [4.69, 9.17) is 0 Å². The monoisotopic (exact) mass is 410 g/mol. The van der Waals surface area contributed by atoms with Crippen molar-refractivity contribution >= 4 is 11.6 Å². The lowest BCUT2D eigenvalue weighted by molar-refractivity contribution is 0.459. The topological polar surface area (TPSA) is 80.9 Å². The first kappa shape index (κ1) is 20.1. The molecular weight excluding hydrogens is 388 g/mol. The molecule has 0 atom stereocenters. The summed E-state index contributed by atoms with van der Waals surface area (Å²) >= 11 is 0. The smallest absolute Gasteiger partial charge is 0.123 e. The van der Waals surface area contributed by atoms with Crippen LogP contribution in [-0.4, -0.2) is 20.4 Å². The largest absolute Gasteiger partial charge is 0.508 e. The second-order valence-corrected chi connectivity index (χ2v) is 7.23. The third-order valence-corrected chi connectivity index (χ3v) is 5.27. The van der Waals surface area contributed by atoms with Crippen molar-refractivity contribution in [2.45, 2.75) is 5.92 Å². The number of aromatic hydroxyl groups is 4. The Kier molecular flexibility index (Phi) is 5.63. The average Bonchev–Trinajstić information content (AvgIpc) is 2.77. The summed E-state index contributed by atoms with van der Waals surface area (Å²) in [5.74, 6) is -0.345. The number of para-hydroxylation sites is 4. The van der Waals surface area contributed by atoms with E-state index in [0.29, 0.717) is 27.8 Å². The van der Waals surface area contributed by atoms with Crippen LogP contribution in [0.3, 0.4) is 0 Å². The van der Waals surface area contributed by atoms with Gasteiger partial charge in [0.05, 0.1) is 0 Å². The zero-order chi connectivity index (χ0) is 21.8. The molecule has 4 heteroatoms. The molecule has 154 valence electrons. The molecular formula is C27H22O4. The predicted octanol–water partition coefficient (Wildman–Crippen LogP) is 5.88. The van der Waals surface area contributed by atoms with Crippen molar-refractivity contribution in [1.29, 1.82) is 0 Å². The highest BCUT2D eigenvalue weighted by atomic mass is 16.3.